The molecule has 0 unspecified atom stereocenters. The molecule has 2 N–H and O–H groups in total. The molecule has 1 atom stereocenters. The molecule has 7 nitrogen and oxygen atoms in total. The predicted octanol–water partition coefficient (Wildman–Crippen LogP) is 2.53. The number of nitrogens with one attached hydrogen (secondary N) is 2. The van der Waals surface area contributed by atoms with Crippen LogP contribution in [0.15, 0.2) is 42.5 Å². The average molecular weight is 370 g/mol. The largest absolute Gasteiger partial charge is 0.494 e. The minimum Gasteiger partial charge on any atom is -0.494 e. The monoisotopic (exact) mass is 370 g/mol. The van der Waals surface area contributed by atoms with Gasteiger partial charge in [-0.25, -0.2) is 0 Å². The van der Waals surface area contributed by atoms with Crippen molar-refractivity contribution in [1.29, 1.82) is 0 Å². The van der Waals surface area contributed by atoms with Crippen LogP contribution in [0, 0.1) is 0 Å². The average Bonchev–Trinajstić information content (AvgIpc) is 2.67. The van der Waals surface area contributed by atoms with Crippen molar-refractivity contribution in [2.24, 2.45) is 0 Å². The van der Waals surface area contributed by atoms with E-state index < -0.39 is 0 Å². The van der Waals surface area contributed by atoms with Crippen molar-refractivity contribution in [3.63, 3.8) is 0 Å². The number of hydrogen-bond donors (Lipinski definition) is 2. The number of rotatable bonds is 7. The van der Waals surface area contributed by atoms with Crippen LogP contribution in [0.5, 0.6) is 11.5 Å². The number of methoxy groups -OCH3 is 1. The Morgan fingerprint density at radius 1 is 1.26 bits per heavy atom. The zero-order chi connectivity index (χ0) is 19.2. The van der Waals surface area contributed by atoms with Crippen LogP contribution >= 0.6 is 0 Å². The predicted molar refractivity (Wildman–Crippen MR) is 100 cm³/mol. The standard InChI is InChI=1S/C20H22N2O5/c1-3-26-14-9-7-13(8-10-14)17(11-25-2)22-20(24)15-5-4-6-16-19(15)27-12-18(23)21-16/h4-10,17H,3,11-12H2,1-2H3,(H,21,23)(H,22,24)/t17-/m0/s1. The quantitative estimate of drug-likeness (QED) is 0.782. The Morgan fingerprint density at radius 2 is 2.04 bits per heavy atom. The van der Waals surface area contributed by atoms with Gasteiger partial charge in [0.25, 0.3) is 11.8 Å². The van der Waals surface area contributed by atoms with E-state index in [1.165, 1.54) is 0 Å². The highest BCUT2D eigenvalue weighted by atomic mass is 16.5. The summed E-state index contributed by atoms with van der Waals surface area (Å²) in [6, 6.07) is 12.2. The Kier molecular flexibility index (Phi) is 5.93. The summed E-state index contributed by atoms with van der Waals surface area (Å²) in [5.41, 5.74) is 1.75. The molecule has 0 aromatic heterocycles. The molecule has 1 aliphatic heterocycles. The van der Waals surface area contributed by atoms with E-state index in [0.717, 1.165) is 11.3 Å². The first-order valence-electron chi connectivity index (χ1n) is 8.70. The van der Waals surface area contributed by atoms with Crippen LogP contribution in [0.4, 0.5) is 5.69 Å². The van der Waals surface area contributed by atoms with Crippen molar-refractivity contribution in [1.82, 2.24) is 5.32 Å². The summed E-state index contributed by atoms with van der Waals surface area (Å²) in [5, 5.41) is 5.67. The number of ether oxygens (including phenoxy) is 3. The van der Waals surface area contributed by atoms with Crippen LogP contribution in [0.3, 0.4) is 0 Å². The van der Waals surface area contributed by atoms with Crippen molar-refractivity contribution in [3.8, 4) is 11.5 Å². The summed E-state index contributed by atoms with van der Waals surface area (Å²) in [4.78, 5) is 24.3. The third kappa shape index (κ3) is 4.38. The van der Waals surface area contributed by atoms with E-state index >= 15 is 0 Å². The fraction of sp³-hybridized carbons (Fsp3) is 0.300. The Hall–Kier alpha value is -3.06. The second-order valence-electron chi connectivity index (χ2n) is 6.00. The molecule has 1 heterocycles. The Labute approximate surface area is 157 Å². The van der Waals surface area contributed by atoms with Crippen LogP contribution in [-0.4, -0.2) is 38.7 Å². The molecule has 0 spiro atoms. The normalized spacial score (nSPS) is 13.8. The molecule has 0 bridgehead atoms. The van der Waals surface area contributed by atoms with Gasteiger partial charge in [0.1, 0.15) is 5.75 Å². The number of para-hydroxylation sites is 1. The lowest BCUT2D eigenvalue weighted by molar-refractivity contribution is -0.118. The summed E-state index contributed by atoms with van der Waals surface area (Å²) in [6.45, 7) is 2.71. The first-order chi connectivity index (χ1) is 13.1. The molecule has 0 radical (unpaired) electrons. The maximum Gasteiger partial charge on any atom is 0.262 e. The lowest BCUT2D eigenvalue weighted by Gasteiger charge is -2.22. The highest BCUT2D eigenvalue weighted by Crippen LogP contribution is 2.32. The van der Waals surface area contributed by atoms with E-state index in [9.17, 15) is 9.59 Å². The molecule has 1 aliphatic rings. The number of benzene rings is 2. The molecular formula is C20H22N2O5. The molecule has 0 aliphatic carbocycles. The molecule has 3 rings (SSSR count). The van der Waals surface area contributed by atoms with E-state index in [0.29, 0.717) is 30.2 Å². The maximum atomic E-state index is 12.8. The molecule has 2 aromatic carbocycles. The van der Waals surface area contributed by atoms with Gasteiger partial charge in [-0.3, -0.25) is 9.59 Å². The fourth-order valence-corrected chi connectivity index (χ4v) is 2.88. The zero-order valence-electron chi connectivity index (χ0n) is 15.3. The summed E-state index contributed by atoms with van der Waals surface area (Å²) in [7, 11) is 1.58. The summed E-state index contributed by atoms with van der Waals surface area (Å²) in [5.74, 6) is 0.591. The Morgan fingerprint density at radius 3 is 2.74 bits per heavy atom. The second-order valence-corrected chi connectivity index (χ2v) is 6.00. The summed E-state index contributed by atoms with van der Waals surface area (Å²) < 4.78 is 16.2. The van der Waals surface area contributed by atoms with Crippen LogP contribution in [-0.2, 0) is 9.53 Å². The van der Waals surface area contributed by atoms with E-state index in [1.54, 1.807) is 25.3 Å². The van der Waals surface area contributed by atoms with E-state index in [4.69, 9.17) is 14.2 Å². The topological polar surface area (TPSA) is 85.9 Å². The van der Waals surface area contributed by atoms with Gasteiger partial charge in [-0.1, -0.05) is 18.2 Å². The smallest absolute Gasteiger partial charge is 0.262 e. The molecule has 2 aromatic rings. The first-order valence-corrected chi connectivity index (χ1v) is 8.70. The highest BCUT2D eigenvalue weighted by Gasteiger charge is 2.24. The van der Waals surface area contributed by atoms with Gasteiger partial charge < -0.3 is 24.8 Å². The van der Waals surface area contributed by atoms with Crippen molar-refractivity contribution >= 4 is 17.5 Å². The van der Waals surface area contributed by atoms with Crippen molar-refractivity contribution in [2.45, 2.75) is 13.0 Å². The van der Waals surface area contributed by atoms with Gasteiger partial charge in [0, 0.05) is 7.11 Å². The van der Waals surface area contributed by atoms with E-state index in [-0.39, 0.29) is 24.5 Å². The SMILES string of the molecule is CCOc1ccc([C@H](COC)NC(=O)c2cccc3c2OCC(=O)N3)cc1. The first kappa shape index (κ1) is 18.7. The maximum absolute atomic E-state index is 12.8. The van der Waals surface area contributed by atoms with Gasteiger partial charge in [0.2, 0.25) is 0 Å². The second kappa shape index (κ2) is 8.55. The van der Waals surface area contributed by atoms with Crippen LogP contribution in [0.1, 0.15) is 28.9 Å². The molecule has 0 saturated carbocycles. The van der Waals surface area contributed by atoms with Gasteiger partial charge in [-0.2, -0.15) is 0 Å². The third-order valence-corrected chi connectivity index (χ3v) is 4.11. The number of anilines is 1. The molecule has 142 valence electrons. The van der Waals surface area contributed by atoms with Crippen molar-refractivity contribution in [3.05, 3.63) is 53.6 Å². The number of carbonyl (C=O) groups excluding carboxylic acids is 2. The van der Waals surface area contributed by atoms with E-state index in [2.05, 4.69) is 10.6 Å². The molecule has 2 amide bonds. The van der Waals surface area contributed by atoms with Gasteiger partial charge in [0.15, 0.2) is 12.4 Å². The van der Waals surface area contributed by atoms with Crippen LogP contribution in [0.25, 0.3) is 0 Å². The number of fused-ring (bicyclic) bond motifs is 1. The van der Waals surface area contributed by atoms with Gasteiger partial charge in [-0.05, 0) is 36.8 Å². The Bertz CT molecular complexity index is 820. The molecule has 7 heteroatoms. The molecule has 27 heavy (non-hydrogen) atoms. The van der Waals surface area contributed by atoms with Gasteiger partial charge >= 0.3 is 0 Å². The van der Waals surface area contributed by atoms with E-state index in [1.807, 2.05) is 31.2 Å². The van der Waals surface area contributed by atoms with Gasteiger partial charge in [-0.15, -0.1) is 0 Å². The third-order valence-electron chi connectivity index (χ3n) is 4.11. The van der Waals surface area contributed by atoms with Gasteiger partial charge in [0.05, 0.1) is 30.5 Å². The summed E-state index contributed by atoms with van der Waals surface area (Å²) >= 11 is 0. The Balaban J connectivity index is 1.80. The van der Waals surface area contributed by atoms with Crippen molar-refractivity contribution in [2.75, 3.05) is 32.2 Å². The highest BCUT2D eigenvalue weighted by molar-refractivity contribution is 6.03. The lowest BCUT2D eigenvalue weighted by Crippen LogP contribution is -2.33. The lowest BCUT2D eigenvalue weighted by atomic mass is 10.1. The van der Waals surface area contributed by atoms with Crippen LogP contribution in [0.2, 0.25) is 0 Å². The summed E-state index contributed by atoms with van der Waals surface area (Å²) in [6.07, 6.45) is 0. The van der Waals surface area contributed by atoms with Crippen LogP contribution < -0.4 is 20.1 Å². The minimum absolute atomic E-state index is 0.113. The number of hydrogen-bond acceptors (Lipinski definition) is 5. The number of amides is 2. The van der Waals surface area contributed by atoms with Crippen molar-refractivity contribution < 1.29 is 23.8 Å². The molecular weight excluding hydrogens is 348 g/mol. The number of carbonyl (C=O) groups is 2. The molecule has 0 fully saturated rings. The minimum atomic E-state index is -0.341. The fourth-order valence-electron chi connectivity index (χ4n) is 2.88. The zero-order valence-corrected chi connectivity index (χ0v) is 15.3. The molecule has 0 saturated heterocycles.